The lowest BCUT2D eigenvalue weighted by Crippen LogP contribution is -1.92. The molecule has 1 nitrogen and oxygen atoms in total. The van der Waals surface area contributed by atoms with Gasteiger partial charge in [0.05, 0.1) is 10.7 Å². The molecule has 0 amide bonds. The van der Waals surface area contributed by atoms with Gasteiger partial charge in [-0.3, -0.25) is 0 Å². The standard InChI is InChI=1S/C10H11Cl2N/c1-7(2)3-5-9-8(11)4-6-10(12)13-9/h4,6H,1,3,5H2,2H3. The fraction of sp³-hybridized carbons (Fsp3) is 0.300. The minimum atomic E-state index is 0.487. The molecule has 1 rings (SSSR count). The van der Waals surface area contributed by atoms with Gasteiger partial charge in [-0.25, -0.2) is 4.98 Å². The van der Waals surface area contributed by atoms with E-state index in [0.717, 1.165) is 24.1 Å². The molecule has 0 saturated carbocycles. The topological polar surface area (TPSA) is 12.9 Å². The van der Waals surface area contributed by atoms with Gasteiger partial charge < -0.3 is 0 Å². The molecule has 0 saturated heterocycles. The van der Waals surface area contributed by atoms with E-state index < -0.39 is 0 Å². The first kappa shape index (κ1) is 10.6. The van der Waals surface area contributed by atoms with Crippen molar-refractivity contribution in [1.82, 2.24) is 4.98 Å². The molecule has 0 radical (unpaired) electrons. The number of aromatic nitrogens is 1. The van der Waals surface area contributed by atoms with E-state index in [9.17, 15) is 0 Å². The zero-order chi connectivity index (χ0) is 9.84. The Morgan fingerprint density at radius 1 is 1.46 bits per heavy atom. The maximum absolute atomic E-state index is 5.93. The van der Waals surface area contributed by atoms with Gasteiger partial charge in [-0.2, -0.15) is 0 Å². The van der Waals surface area contributed by atoms with Gasteiger partial charge in [0.15, 0.2) is 0 Å². The summed E-state index contributed by atoms with van der Waals surface area (Å²) in [6.07, 6.45) is 1.70. The summed E-state index contributed by atoms with van der Waals surface area (Å²) in [5.41, 5.74) is 1.97. The number of halogens is 2. The zero-order valence-electron chi connectivity index (χ0n) is 7.48. The third-order valence-electron chi connectivity index (χ3n) is 1.67. The van der Waals surface area contributed by atoms with Gasteiger partial charge in [-0.15, -0.1) is 6.58 Å². The minimum absolute atomic E-state index is 0.487. The van der Waals surface area contributed by atoms with Crippen LogP contribution in [-0.2, 0) is 6.42 Å². The fourth-order valence-electron chi connectivity index (χ4n) is 0.965. The Morgan fingerprint density at radius 3 is 2.77 bits per heavy atom. The molecule has 0 aliphatic rings. The van der Waals surface area contributed by atoms with Crippen molar-refractivity contribution >= 4 is 23.2 Å². The first-order chi connectivity index (χ1) is 6.09. The second-order valence-electron chi connectivity index (χ2n) is 3.02. The Bertz CT molecular complexity index is 321. The molecule has 1 aromatic rings. The lowest BCUT2D eigenvalue weighted by Gasteiger charge is -2.03. The number of pyridine rings is 1. The van der Waals surface area contributed by atoms with Gasteiger partial charge in [-0.05, 0) is 31.9 Å². The van der Waals surface area contributed by atoms with Crippen molar-refractivity contribution < 1.29 is 0 Å². The maximum Gasteiger partial charge on any atom is 0.129 e. The number of nitrogens with zero attached hydrogens (tertiary/aromatic N) is 1. The van der Waals surface area contributed by atoms with Crippen LogP contribution in [0.4, 0.5) is 0 Å². The van der Waals surface area contributed by atoms with Crippen molar-refractivity contribution in [3.63, 3.8) is 0 Å². The average Bonchev–Trinajstić information content (AvgIpc) is 2.06. The lowest BCUT2D eigenvalue weighted by molar-refractivity contribution is 0.904. The molecule has 0 atom stereocenters. The fourth-order valence-corrected chi connectivity index (χ4v) is 1.33. The van der Waals surface area contributed by atoms with E-state index in [0.29, 0.717) is 10.2 Å². The third kappa shape index (κ3) is 3.37. The monoisotopic (exact) mass is 215 g/mol. The van der Waals surface area contributed by atoms with Crippen LogP contribution in [0.25, 0.3) is 0 Å². The second kappa shape index (κ2) is 4.64. The minimum Gasteiger partial charge on any atom is -0.240 e. The molecule has 0 fully saturated rings. The van der Waals surface area contributed by atoms with Crippen LogP contribution in [0.3, 0.4) is 0 Å². The first-order valence-electron chi connectivity index (χ1n) is 4.05. The highest BCUT2D eigenvalue weighted by atomic mass is 35.5. The predicted molar refractivity (Wildman–Crippen MR) is 57.4 cm³/mol. The Labute approximate surface area is 88.4 Å². The Morgan fingerprint density at radius 2 is 2.15 bits per heavy atom. The highest BCUT2D eigenvalue weighted by Gasteiger charge is 2.02. The van der Waals surface area contributed by atoms with E-state index in [1.165, 1.54) is 0 Å². The summed E-state index contributed by atoms with van der Waals surface area (Å²) in [4.78, 5) is 4.14. The third-order valence-corrected chi connectivity index (χ3v) is 2.23. The molecule has 0 spiro atoms. The summed E-state index contributed by atoms with van der Waals surface area (Å²) in [5, 5.41) is 1.16. The molecule has 1 heterocycles. The smallest absolute Gasteiger partial charge is 0.129 e. The lowest BCUT2D eigenvalue weighted by atomic mass is 10.1. The molecule has 0 aliphatic carbocycles. The van der Waals surface area contributed by atoms with Crippen molar-refractivity contribution in [1.29, 1.82) is 0 Å². The Hall–Kier alpha value is -0.530. The molecule has 0 bridgehead atoms. The Balaban J connectivity index is 2.75. The van der Waals surface area contributed by atoms with Crippen molar-refractivity contribution in [2.75, 3.05) is 0 Å². The summed E-state index contributed by atoms with van der Waals surface area (Å²) in [7, 11) is 0. The van der Waals surface area contributed by atoms with Crippen LogP contribution in [0, 0.1) is 0 Å². The number of allylic oxidation sites excluding steroid dienone is 1. The van der Waals surface area contributed by atoms with Crippen molar-refractivity contribution in [3.8, 4) is 0 Å². The largest absolute Gasteiger partial charge is 0.240 e. The van der Waals surface area contributed by atoms with Crippen molar-refractivity contribution in [3.05, 3.63) is 40.2 Å². The molecule has 1 aromatic heterocycles. The van der Waals surface area contributed by atoms with Gasteiger partial charge in [0, 0.05) is 0 Å². The van der Waals surface area contributed by atoms with Crippen molar-refractivity contribution in [2.45, 2.75) is 19.8 Å². The summed E-state index contributed by atoms with van der Waals surface area (Å²) in [5.74, 6) is 0. The quantitative estimate of drug-likeness (QED) is 0.551. The first-order valence-corrected chi connectivity index (χ1v) is 4.80. The van der Waals surface area contributed by atoms with Gasteiger partial charge in [0.25, 0.3) is 0 Å². The predicted octanol–water partition coefficient (Wildman–Crippen LogP) is 3.90. The SMILES string of the molecule is C=C(C)CCc1nc(Cl)ccc1Cl. The van der Waals surface area contributed by atoms with E-state index in [1.807, 2.05) is 6.92 Å². The highest BCUT2D eigenvalue weighted by molar-refractivity contribution is 6.32. The molecule has 0 aliphatic heterocycles. The van der Waals surface area contributed by atoms with Crippen molar-refractivity contribution in [2.24, 2.45) is 0 Å². The molecular weight excluding hydrogens is 205 g/mol. The molecule has 0 N–H and O–H groups in total. The second-order valence-corrected chi connectivity index (χ2v) is 3.81. The zero-order valence-corrected chi connectivity index (χ0v) is 8.99. The maximum atomic E-state index is 5.93. The number of rotatable bonds is 3. The number of hydrogen-bond acceptors (Lipinski definition) is 1. The van der Waals surface area contributed by atoms with Crippen LogP contribution < -0.4 is 0 Å². The Kier molecular flexibility index (Phi) is 3.76. The van der Waals surface area contributed by atoms with E-state index in [-0.39, 0.29) is 0 Å². The van der Waals surface area contributed by atoms with Gasteiger partial charge in [-0.1, -0.05) is 28.8 Å². The van der Waals surface area contributed by atoms with Gasteiger partial charge in [0.1, 0.15) is 5.15 Å². The van der Waals surface area contributed by atoms with E-state index in [1.54, 1.807) is 12.1 Å². The van der Waals surface area contributed by atoms with Crippen LogP contribution in [0.2, 0.25) is 10.2 Å². The summed E-state index contributed by atoms with van der Waals surface area (Å²) in [6, 6.07) is 3.46. The molecule has 70 valence electrons. The van der Waals surface area contributed by atoms with E-state index in [2.05, 4.69) is 11.6 Å². The van der Waals surface area contributed by atoms with Gasteiger partial charge >= 0.3 is 0 Å². The van der Waals surface area contributed by atoms with Crippen LogP contribution in [0.15, 0.2) is 24.3 Å². The molecule has 13 heavy (non-hydrogen) atoms. The van der Waals surface area contributed by atoms with Crippen LogP contribution >= 0.6 is 23.2 Å². The summed E-state index contributed by atoms with van der Waals surface area (Å²) >= 11 is 11.7. The van der Waals surface area contributed by atoms with E-state index >= 15 is 0 Å². The van der Waals surface area contributed by atoms with E-state index in [4.69, 9.17) is 23.2 Å². The molecule has 0 aromatic carbocycles. The van der Waals surface area contributed by atoms with Gasteiger partial charge in [0.2, 0.25) is 0 Å². The average molecular weight is 216 g/mol. The highest BCUT2D eigenvalue weighted by Crippen LogP contribution is 2.19. The van der Waals surface area contributed by atoms with Crippen LogP contribution in [0.1, 0.15) is 19.0 Å². The van der Waals surface area contributed by atoms with Crippen LogP contribution in [0.5, 0.6) is 0 Å². The normalized spacial score (nSPS) is 10.1. The summed E-state index contributed by atoms with van der Waals surface area (Å²) < 4.78 is 0. The molecular formula is C10H11Cl2N. The number of hydrogen-bond donors (Lipinski definition) is 0. The number of aryl methyl sites for hydroxylation is 1. The molecule has 0 unspecified atom stereocenters. The summed E-state index contributed by atoms with van der Waals surface area (Å²) in [6.45, 7) is 5.80. The molecule has 3 heteroatoms. The van der Waals surface area contributed by atoms with Crippen LogP contribution in [-0.4, -0.2) is 4.98 Å².